The minimum Gasteiger partial charge on any atom is -0.365 e. The summed E-state index contributed by atoms with van der Waals surface area (Å²) in [4.78, 5) is 12.7. The van der Waals surface area contributed by atoms with Crippen LogP contribution in [0.5, 0.6) is 0 Å². The van der Waals surface area contributed by atoms with Gasteiger partial charge in [0.1, 0.15) is 11.9 Å². The summed E-state index contributed by atoms with van der Waals surface area (Å²) in [5.74, 6) is 1.00. The van der Waals surface area contributed by atoms with Gasteiger partial charge in [0.15, 0.2) is 0 Å². The van der Waals surface area contributed by atoms with Crippen LogP contribution < -0.4 is 10.6 Å². The standard InChI is InChI=1S/C16H20N2O/c1-15(2)10-7-8-16(15,13(19)9-10)14-17-11-3-4-12(18-14)6-5-11/h3-6,10,14,17-18H,7-9H2,1-2H3. The van der Waals surface area contributed by atoms with Crippen molar-refractivity contribution >= 4 is 17.2 Å². The van der Waals surface area contributed by atoms with Crippen molar-refractivity contribution in [1.29, 1.82) is 0 Å². The number of ketones is 1. The maximum atomic E-state index is 12.7. The Morgan fingerprint density at radius 2 is 1.68 bits per heavy atom. The minimum absolute atomic E-state index is 0.0255. The third-order valence-corrected chi connectivity index (χ3v) is 5.99. The monoisotopic (exact) mass is 256 g/mol. The van der Waals surface area contributed by atoms with Gasteiger partial charge in [-0.25, -0.2) is 0 Å². The van der Waals surface area contributed by atoms with Crippen LogP contribution in [0.25, 0.3) is 0 Å². The molecule has 0 radical (unpaired) electrons. The van der Waals surface area contributed by atoms with Gasteiger partial charge < -0.3 is 10.6 Å². The predicted octanol–water partition coefficient (Wildman–Crippen LogP) is 3.25. The van der Waals surface area contributed by atoms with Crippen molar-refractivity contribution in [3.63, 3.8) is 0 Å². The number of hydrogen-bond donors (Lipinski definition) is 2. The van der Waals surface area contributed by atoms with Gasteiger partial charge in [0.05, 0.1) is 5.41 Å². The van der Waals surface area contributed by atoms with Gasteiger partial charge in [-0.05, 0) is 48.4 Å². The van der Waals surface area contributed by atoms with Crippen molar-refractivity contribution < 1.29 is 4.79 Å². The zero-order valence-electron chi connectivity index (χ0n) is 11.5. The highest BCUT2D eigenvalue weighted by molar-refractivity contribution is 5.91. The number of nitrogens with one attached hydrogen (secondary N) is 2. The van der Waals surface area contributed by atoms with E-state index in [1.165, 1.54) is 6.42 Å². The first-order valence-electron chi connectivity index (χ1n) is 7.20. The molecule has 1 aromatic carbocycles. The van der Waals surface area contributed by atoms with Crippen molar-refractivity contribution in [2.24, 2.45) is 16.7 Å². The molecule has 2 aliphatic heterocycles. The van der Waals surface area contributed by atoms with Gasteiger partial charge in [0, 0.05) is 17.8 Å². The van der Waals surface area contributed by atoms with E-state index in [1.807, 2.05) is 0 Å². The fourth-order valence-corrected chi connectivity index (χ4v) is 4.67. The Morgan fingerprint density at radius 3 is 2.11 bits per heavy atom. The van der Waals surface area contributed by atoms with Gasteiger partial charge in [-0.3, -0.25) is 4.79 Å². The molecule has 3 nitrogen and oxygen atoms in total. The molecule has 19 heavy (non-hydrogen) atoms. The molecule has 2 aliphatic carbocycles. The molecule has 2 unspecified atom stereocenters. The van der Waals surface area contributed by atoms with E-state index >= 15 is 0 Å². The van der Waals surface area contributed by atoms with E-state index < -0.39 is 0 Å². The van der Waals surface area contributed by atoms with Crippen molar-refractivity contribution in [1.82, 2.24) is 0 Å². The predicted molar refractivity (Wildman–Crippen MR) is 76.0 cm³/mol. The van der Waals surface area contributed by atoms with Gasteiger partial charge in [0.25, 0.3) is 0 Å². The molecular formula is C16H20N2O. The molecule has 2 atom stereocenters. The molecule has 0 amide bonds. The highest BCUT2D eigenvalue weighted by atomic mass is 16.1. The average molecular weight is 256 g/mol. The van der Waals surface area contributed by atoms with Crippen LogP contribution in [0.3, 0.4) is 0 Å². The van der Waals surface area contributed by atoms with Crippen LogP contribution in [0.2, 0.25) is 0 Å². The summed E-state index contributed by atoms with van der Waals surface area (Å²) in [5.41, 5.74) is 2.03. The second kappa shape index (κ2) is 3.33. The lowest BCUT2D eigenvalue weighted by atomic mass is 9.66. The molecule has 0 spiro atoms. The van der Waals surface area contributed by atoms with E-state index in [1.54, 1.807) is 0 Å². The molecule has 5 rings (SSSR count). The van der Waals surface area contributed by atoms with Crippen molar-refractivity contribution in [2.75, 3.05) is 10.6 Å². The first-order valence-corrected chi connectivity index (χ1v) is 7.20. The molecule has 4 aliphatic rings. The molecule has 2 fully saturated rings. The number of Topliss-reactive ketones (excluding diaryl/α,β-unsaturated/α-hetero) is 1. The van der Waals surface area contributed by atoms with Crippen LogP contribution in [-0.2, 0) is 4.79 Å². The van der Waals surface area contributed by atoms with Gasteiger partial charge in [-0.2, -0.15) is 0 Å². The van der Waals surface area contributed by atoms with E-state index in [-0.39, 0.29) is 17.0 Å². The van der Waals surface area contributed by atoms with Crippen LogP contribution in [-0.4, -0.2) is 11.9 Å². The third kappa shape index (κ3) is 1.21. The smallest absolute Gasteiger partial charge is 0.143 e. The number of hydrogen-bond acceptors (Lipinski definition) is 3. The van der Waals surface area contributed by atoms with Crippen LogP contribution in [0.15, 0.2) is 24.3 Å². The number of carbonyl (C=O) groups excluding carboxylic acids is 1. The van der Waals surface area contributed by atoms with E-state index in [4.69, 9.17) is 0 Å². The van der Waals surface area contributed by atoms with Gasteiger partial charge in [0.2, 0.25) is 0 Å². The highest BCUT2D eigenvalue weighted by Crippen LogP contribution is 2.65. The molecule has 3 heteroatoms. The molecule has 1 aromatic rings. The van der Waals surface area contributed by atoms with Crippen LogP contribution in [0.1, 0.15) is 33.1 Å². The number of rotatable bonds is 1. The summed E-state index contributed by atoms with van der Waals surface area (Å²) in [5, 5.41) is 7.09. The summed E-state index contributed by atoms with van der Waals surface area (Å²) in [6.45, 7) is 4.56. The SMILES string of the molecule is CC1(C)C2CCC1(C1Nc3ccc(cc3)N1)C(=O)C2. The maximum absolute atomic E-state index is 12.7. The Hall–Kier alpha value is -1.51. The second-order valence-electron chi connectivity index (χ2n) is 6.85. The first kappa shape index (κ1) is 11.3. The van der Waals surface area contributed by atoms with Crippen LogP contribution in [0.4, 0.5) is 11.4 Å². The quantitative estimate of drug-likeness (QED) is 0.810. The summed E-state index contributed by atoms with van der Waals surface area (Å²) in [6, 6.07) is 8.32. The van der Waals surface area contributed by atoms with Gasteiger partial charge in [-0.15, -0.1) is 0 Å². The molecule has 2 heterocycles. The van der Waals surface area contributed by atoms with E-state index in [9.17, 15) is 4.79 Å². The molecule has 0 saturated heterocycles. The van der Waals surface area contributed by atoms with E-state index in [0.29, 0.717) is 11.7 Å². The van der Waals surface area contributed by atoms with Crippen molar-refractivity contribution in [3.05, 3.63) is 24.3 Å². The highest BCUT2D eigenvalue weighted by Gasteiger charge is 2.67. The lowest BCUT2D eigenvalue weighted by Gasteiger charge is -2.43. The first-order chi connectivity index (χ1) is 9.04. The van der Waals surface area contributed by atoms with Crippen molar-refractivity contribution in [3.8, 4) is 0 Å². The van der Waals surface area contributed by atoms with Crippen LogP contribution >= 0.6 is 0 Å². The van der Waals surface area contributed by atoms with Gasteiger partial charge >= 0.3 is 0 Å². The zero-order chi connectivity index (χ0) is 13.3. The molecule has 0 aromatic heterocycles. The zero-order valence-corrected chi connectivity index (χ0v) is 11.5. The second-order valence-corrected chi connectivity index (χ2v) is 6.85. The van der Waals surface area contributed by atoms with E-state index in [0.717, 1.165) is 24.2 Å². The summed E-state index contributed by atoms with van der Waals surface area (Å²) < 4.78 is 0. The number of carbonyl (C=O) groups is 1. The molecule has 2 saturated carbocycles. The van der Waals surface area contributed by atoms with Crippen LogP contribution in [0, 0.1) is 16.7 Å². The summed E-state index contributed by atoms with van der Waals surface area (Å²) >= 11 is 0. The van der Waals surface area contributed by atoms with Crippen molar-refractivity contribution in [2.45, 2.75) is 39.3 Å². The maximum Gasteiger partial charge on any atom is 0.143 e. The third-order valence-electron chi connectivity index (χ3n) is 5.99. The largest absolute Gasteiger partial charge is 0.365 e. The minimum atomic E-state index is -0.258. The lowest BCUT2D eigenvalue weighted by molar-refractivity contribution is -0.130. The fraction of sp³-hybridized carbons (Fsp3) is 0.562. The molecular weight excluding hydrogens is 236 g/mol. The Bertz CT molecular complexity index is 523. The summed E-state index contributed by atoms with van der Waals surface area (Å²) in [6.07, 6.45) is 2.98. The summed E-state index contributed by atoms with van der Waals surface area (Å²) in [7, 11) is 0. The molecule has 2 N–H and O–H groups in total. The topological polar surface area (TPSA) is 41.1 Å². The number of fused-ring (bicyclic) bond motifs is 7. The molecule has 100 valence electrons. The Balaban J connectivity index is 1.80. The van der Waals surface area contributed by atoms with Gasteiger partial charge in [-0.1, -0.05) is 13.8 Å². The number of benzene rings is 1. The lowest BCUT2D eigenvalue weighted by Crippen LogP contribution is -2.53. The van der Waals surface area contributed by atoms with E-state index in [2.05, 4.69) is 48.7 Å². The Kier molecular flexibility index (Phi) is 1.98. The average Bonchev–Trinajstić information content (AvgIpc) is 2.65. The Labute approximate surface area is 113 Å². The number of anilines is 2. The normalized spacial score (nSPS) is 35.1. The Morgan fingerprint density at radius 1 is 1.11 bits per heavy atom. The molecule has 4 bridgehead atoms. The fourth-order valence-electron chi connectivity index (χ4n) is 4.67.